The number of aryl methyl sites for hydroxylation is 1. The highest BCUT2D eigenvalue weighted by atomic mass is 16.5. The predicted octanol–water partition coefficient (Wildman–Crippen LogP) is 2.60. The second-order valence-corrected chi connectivity index (χ2v) is 5.20. The molecule has 1 heterocycles. The van der Waals surface area contributed by atoms with Crippen LogP contribution in [0.4, 0.5) is 0 Å². The Bertz CT molecular complexity index is 779. The summed E-state index contributed by atoms with van der Waals surface area (Å²) in [6.45, 7) is 4.34. The molecule has 23 heavy (non-hydrogen) atoms. The number of aromatic hydroxyl groups is 1. The number of unbranched alkanes of at least 4 members (excludes halogenated alkanes) is 1. The smallest absolute Gasteiger partial charge is 0.338 e. The van der Waals surface area contributed by atoms with E-state index in [2.05, 4.69) is 0 Å². The quantitative estimate of drug-likeness (QED) is 0.654. The zero-order valence-electron chi connectivity index (χ0n) is 13.6. The van der Waals surface area contributed by atoms with E-state index in [1.807, 2.05) is 6.92 Å². The Kier molecular flexibility index (Phi) is 5.26. The zero-order chi connectivity index (χ0) is 17.0. The molecule has 0 fully saturated rings. The van der Waals surface area contributed by atoms with E-state index in [1.165, 1.54) is 10.6 Å². The Morgan fingerprint density at radius 1 is 1.30 bits per heavy atom. The van der Waals surface area contributed by atoms with Crippen LogP contribution in [0.2, 0.25) is 0 Å². The molecule has 0 unspecified atom stereocenters. The Morgan fingerprint density at radius 3 is 2.70 bits per heavy atom. The third-order valence-electron chi connectivity index (χ3n) is 3.58. The first-order valence-electron chi connectivity index (χ1n) is 7.66. The largest absolute Gasteiger partial charge is 0.504 e. The molecule has 0 aliphatic rings. The van der Waals surface area contributed by atoms with Gasteiger partial charge in [0, 0.05) is 12.4 Å². The van der Waals surface area contributed by atoms with Crippen LogP contribution in [0, 0.1) is 0 Å². The average Bonchev–Trinajstić information content (AvgIpc) is 2.55. The summed E-state index contributed by atoms with van der Waals surface area (Å²) in [5, 5.41) is 10.8. The lowest BCUT2D eigenvalue weighted by atomic mass is 10.1. The van der Waals surface area contributed by atoms with Crippen molar-refractivity contribution in [3.8, 4) is 11.5 Å². The molecule has 0 saturated carbocycles. The minimum Gasteiger partial charge on any atom is -0.504 e. The first-order valence-corrected chi connectivity index (χ1v) is 7.66. The number of pyridine rings is 1. The third-order valence-corrected chi connectivity index (χ3v) is 3.58. The Hall–Kier alpha value is -2.50. The van der Waals surface area contributed by atoms with Gasteiger partial charge in [0.05, 0.1) is 24.3 Å². The molecule has 0 aliphatic carbocycles. The highest BCUT2D eigenvalue weighted by Crippen LogP contribution is 2.32. The van der Waals surface area contributed by atoms with Crippen molar-refractivity contribution in [1.29, 1.82) is 0 Å². The van der Waals surface area contributed by atoms with Crippen LogP contribution in [0.3, 0.4) is 0 Å². The molecular formula is C17H21NO5. The van der Waals surface area contributed by atoms with Gasteiger partial charge in [0.25, 0.3) is 5.56 Å². The third kappa shape index (κ3) is 3.31. The number of fused-ring (bicyclic) bond motifs is 1. The van der Waals surface area contributed by atoms with Crippen LogP contribution in [0.25, 0.3) is 10.9 Å². The fourth-order valence-electron chi connectivity index (χ4n) is 2.29. The lowest BCUT2D eigenvalue weighted by Gasteiger charge is -2.13. The number of benzene rings is 1. The summed E-state index contributed by atoms with van der Waals surface area (Å²) >= 11 is 0. The van der Waals surface area contributed by atoms with Gasteiger partial charge >= 0.3 is 5.97 Å². The summed E-state index contributed by atoms with van der Waals surface area (Å²) in [7, 11) is 1.60. The van der Waals surface area contributed by atoms with E-state index in [-0.39, 0.29) is 18.1 Å². The van der Waals surface area contributed by atoms with Gasteiger partial charge in [-0.25, -0.2) is 4.79 Å². The Morgan fingerprint density at radius 2 is 2.04 bits per heavy atom. The van der Waals surface area contributed by atoms with Gasteiger partial charge in [0.2, 0.25) is 5.75 Å². The van der Waals surface area contributed by atoms with Gasteiger partial charge in [-0.15, -0.1) is 0 Å². The van der Waals surface area contributed by atoms with Gasteiger partial charge in [-0.05, 0) is 31.5 Å². The molecule has 0 bridgehead atoms. The van der Waals surface area contributed by atoms with Crippen LogP contribution in [-0.2, 0) is 11.8 Å². The van der Waals surface area contributed by atoms with Gasteiger partial charge < -0.3 is 19.1 Å². The van der Waals surface area contributed by atoms with Crippen molar-refractivity contribution in [2.75, 3.05) is 13.2 Å². The molecular weight excluding hydrogens is 298 g/mol. The first-order chi connectivity index (χ1) is 11.0. The van der Waals surface area contributed by atoms with Gasteiger partial charge in [-0.3, -0.25) is 4.79 Å². The maximum atomic E-state index is 12.3. The minimum atomic E-state index is -0.476. The van der Waals surface area contributed by atoms with Crippen molar-refractivity contribution < 1.29 is 19.4 Å². The molecule has 6 nitrogen and oxygen atoms in total. The monoisotopic (exact) mass is 319 g/mol. The maximum absolute atomic E-state index is 12.3. The zero-order valence-corrected chi connectivity index (χ0v) is 13.6. The van der Waals surface area contributed by atoms with Gasteiger partial charge in [-0.2, -0.15) is 0 Å². The lowest BCUT2D eigenvalue weighted by Crippen LogP contribution is -2.20. The SMILES string of the molecule is CCCCOc1c(O)c2cc(C(=O)OCC)ccc2n(C)c1=O. The van der Waals surface area contributed by atoms with Crippen molar-refractivity contribution in [2.45, 2.75) is 26.7 Å². The average molecular weight is 319 g/mol. The topological polar surface area (TPSA) is 77.8 Å². The van der Waals surface area contributed by atoms with E-state index in [9.17, 15) is 14.7 Å². The number of esters is 1. The van der Waals surface area contributed by atoms with Gasteiger partial charge in [0.15, 0.2) is 5.75 Å². The number of hydrogen-bond donors (Lipinski definition) is 1. The molecule has 1 N–H and O–H groups in total. The van der Waals surface area contributed by atoms with E-state index in [4.69, 9.17) is 9.47 Å². The molecule has 124 valence electrons. The number of nitrogens with zero attached hydrogens (tertiary/aromatic N) is 1. The first kappa shape index (κ1) is 16.9. The summed E-state index contributed by atoms with van der Waals surface area (Å²) in [6, 6.07) is 4.68. The van der Waals surface area contributed by atoms with Crippen molar-refractivity contribution in [1.82, 2.24) is 4.57 Å². The van der Waals surface area contributed by atoms with Crippen LogP contribution in [0.5, 0.6) is 11.5 Å². The highest BCUT2D eigenvalue weighted by Gasteiger charge is 2.18. The van der Waals surface area contributed by atoms with Crippen LogP contribution in [0.1, 0.15) is 37.0 Å². The number of hydrogen-bond acceptors (Lipinski definition) is 5. The fourth-order valence-corrected chi connectivity index (χ4v) is 2.29. The standard InChI is InChI=1S/C17H21NO5/c1-4-6-9-23-15-14(19)12-10-11(17(21)22-5-2)7-8-13(12)18(3)16(15)20/h7-8,10,19H,4-6,9H2,1-3H3. The molecule has 0 aliphatic heterocycles. The summed E-state index contributed by atoms with van der Waals surface area (Å²) in [5.41, 5.74) is 0.422. The minimum absolute atomic E-state index is 0.0885. The molecule has 1 aromatic heterocycles. The molecule has 2 rings (SSSR count). The predicted molar refractivity (Wildman–Crippen MR) is 87.2 cm³/mol. The number of ether oxygens (including phenoxy) is 2. The summed E-state index contributed by atoms with van der Waals surface area (Å²) in [6.07, 6.45) is 1.70. The van der Waals surface area contributed by atoms with Crippen molar-refractivity contribution in [3.05, 3.63) is 34.1 Å². The second kappa shape index (κ2) is 7.17. The van der Waals surface area contributed by atoms with Crippen LogP contribution >= 0.6 is 0 Å². The molecule has 0 spiro atoms. The van der Waals surface area contributed by atoms with Crippen LogP contribution < -0.4 is 10.3 Å². The van der Waals surface area contributed by atoms with Crippen molar-refractivity contribution in [3.63, 3.8) is 0 Å². The number of rotatable bonds is 6. The van der Waals surface area contributed by atoms with Crippen molar-refractivity contribution >= 4 is 16.9 Å². The Balaban J connectivity index is 2.56. The molecule has 0 amide bonds. The lowest BCUT2D eigenvalue weighted by molar-refractivity contribution is 0.0526. The van der Waals surface area contributed by atoms with E-state index < -0.39 is 11.5 Å². The summed E-state index contributed by atoms with van der Waals surface area (Å²) in [4.78, 5) is 24.1. The van der Waals surface area contributed by atoms with Crippen LogP contribution in [-0.4, -0.2) is 28.9 Å². The highest BCUT2D eigenvalue weighted by molar-refractivity contribution is 5.97. The number of carbonyl (C=O) groups excluding carboxylic acids is 1. The molecule has 6 heteroatoms. The molecule has 0 saturated heterocycles. The van der Waals surface area contributed by atoms with Gasteiger partial charge in [0.1, 0.15) is 0 Å². The molecule has 2 aromatic rings. The molecule has 0 radical (unpaired) electrons. The van der Waals surface area contributed by atoms with E-state index in [0.717, 1.165) is 12.8 Å². The summed E-state index contributed by atoms with van der Waals surface area (Å²) in [5.74, 6) is -0.809. The van der Waals surface area contributed by atoms with Crippen molar-refractivity contribution in [2.24, 2.45) is 7.05 Å². The maximum Gasteiger partial charge on any atom is 0.338 e. The summed E-state index contributed by atoms with van der Waals surface area (Å²) < 4.78 is 11.8. The Labute approximate surface area is 134 Å². The van der Waals surface area contributed by atoms with E-state index in [1.54, 1.807) is 26.1 Å². The second-order valence-electron chi connectivity index (χ2n) is 5.20. The fraction of sp³-hybridized carbons (Fsp3) is 0.412. The van der Waals surface area contributed by atoms with E-state index in [0.29, 0.717) is 23.1 Å². The van der Waals surface area contributed by atoms with E-state index >= 15 is 0 Å². The number of carbonyl (C=O) groups is 1. The van der Waals surface area contributed by atoms with Gasteiger partial charge in [-0.1, -0.05) is 13.3 Å². The molecule has 0 atom stereocenters. The van der Waals surface area contributed by atoms with Crippen LogP contribution in [0.15, 0.2) is 23.0 Å². The molecule has 1 aromatic carbocycles. The normalized spacial score (nSPS) is 10.7. The number of aromatic nitrogens is 1.